The highest BCUT2D eigenvalue weighted by Crippen LogP contribution is 2.34. The second-order valence-corrected chi connectivity index (χ2v) is 5.79. The van der Waals surface area contributed by atoms with Crippen LogP contribution in [-0.2, 0) is 6.42 Å². The minimum atomic E-state index is -0.218. The third-order valence-electron chi connectivity index (χ3n) is 4.37. The number of carbonyl (C=O) groups excluding carboxylic acids is 1. The Labute approximate surface area is 139 Å². The van der Waals surface area contributed by atoms with Crippen LogP contribution in [0, 0.1) is 0 Å². The van der Waals surface area contributed by atoms with E-state index in [9.17, 15) is 4.79 Å². The van der Waals surface area contributed by atoms with Crippen molar-refractivity contribution in [1.82, 2.24) is 5.32 Å². The molecular weight excluding hydrogens is 304 g/mol. The fraction of sp³-hybridized carbons (Fsp3) is 0.211. The molecule has 1 aromatic carbocycles. The van der Waals surface area contributed by atoms with Gasteiger partial charge in [-0.15, -0.1) is 0 Å². The molecule has 3 heterocycles. The lowest BCUT2D eigenvalue weighted by Gasteiger charge is -2.29. The molecule has 5 nitrogen and oxygen atoms in total. The first-order valence-corrected chi connectivity index (χ1v) is 8.02. The number of hydrogen-bond acceptors (Lipinski definition) is 4. The molecule has 3 aromatic rings. The van der Waals surface area contributed by atoms with Gasteiger partial charge in [-0.05, 0) is 42.3 Å². The van der Waals surface area contributed by atoms with Crippen molar-refractivity contribution < 1.29 is 13.6 Å². The van der Waals surface area contributed by atoms with Crippen LogP contribution < -0.4 is 10.2 Å². The molecule has 1 aliphatic rings. The Hall–Kier alpha value is -2.95. The van der Waals surface area contributed by atoms with Gasteiger partial charge in [0.2, 0.25) is 0 Å². The van der Waals surface area contributed by atoms with E-state index in [-0.39, 0.29) is 11.9 Å². The van der Waals surface area contributed by atoms with Gasteiger partial charge < -0.3 is 19.1 Å². The molecule has 1 N–H and O–H groups in total. The van der Waals surface area contributed by atoms with Crippen molar-refractivity contribution in [3.05, 3.63) is 78.1 Å². The van der Waals surface area contributed by atoms with Crippen molar-refractivity contribution in [3.63, 3.8) is 0 Å². The van der Waals surface area contributed by atoms with E-state index in [1.807, 2.05) is 18.2 Å². The number of nitrogens with one attached hydrogen (secondary N) is 1. The summed E-state index contributed by atoms with van der Waals surface area (Å²) in [6.07, 6.45) is 4.16. The van der Waals surface area contributed by atoms with Crippen LogP contribution in [0.2, 0.25) is 0 Å². The van der Waals surface area contributed by atoms with E-state index in [0.717, 1.165) is 18.7 Å². The molecule has 0 unspecified atom stereocenters. The van der Waals surface area contributed by atoms with Crippen LogP contribution in [0.4, 0.5) is 5.69 Å². The van der Waals surface area contributed by atoms with Gasteiger partial charge in [-0.3, -0.25) is 4.79 Å². The summed E-state index contributed by atoms with van der Waals surface area (Å²) in [6.45, 7) is 1.35. The predicted molar refractivity (Wildman–Crippen MR) is 90.0 cm³/mol. The first-order chi connectivity index (χ1) is 11.8. The Morgan fingerprint density at radius 3 is 2.71 bits per heavy atom. The van der Waals surface area contributed by atoms with Crippen molar-refractivity contribution in [2.45, 2.75) is 12.5 Å². The summed E-state index contributed by atoms with van der Waals surface area (Å²) >= 11 is 0. The zero-order chi connectivity index (χ0) is 16.4. The van der Waals surface area contributed by atoms with Crippen molar-refractivity contribution >= 4 is 11.6 Å². The first kappa shape index (κ1) is 14.6. The van der Waals surface area contributed by atoms with E-state index < -0.39 is 0 Å². The van der Waals surface area contributed by atoms with E-state index in [1.165, 1.54) is 17.5 Å². The topological polar surface area (TPSA) is 58.6 Å². The number of hydrogen-bond donors (Lipinski definition) is 1. The number of fused-ring (bicyclic) bond motifs is 1. The molecule has 0 saturated carbocycles. The predicted octanol–water partition coefficient (Wildman–Crippen LogP) is 3.41. The normalized spacial score (nSPS) is 14.4. The van der Waals surface area contributed by atoms with Gasteiger partial charge in [0.1, 0.15) is 11.8 Å². The fourth-order valence-corrected chi connectivity index (χ4v) is 3.22. The second-order valence-electron chi connectivity index (χ2n) is 5.79. The summed E-state index contributed by atoms with van der Waals surface area (Å²) < 4.78 is 10.8. The summed E-state index contributed by atoms with van der Waals surface area (Å²) in [5.41, 5.74) is 2.53. The second kappa shape index (κ2) is 6.28. The molecule has 4 rings (SSSR count). The molecule has 2 aromatic heterocycles. The van der Waals surface area contributed by atoms with Crippen LogP contribution in [0.15, 0.2) is 69.9 Å². The standard InChI is InChI=1S/C19H18N2O3/c22-19(18-8-4-12-24-18)20-13-16(17-7-3-11-23-17)21-10-9-14-5-1-2-6-15(14)21/h1-8,11-12,16H,9-10,13H2,(H,20,22)/t16-/m0/s1. The Morgan fingerprint density at radius 1 is 1.08 bits per heavy atom. The van der Waals surface area contributed by atoms with Gasteiger partial charge in [0.15, 0.2) is 5.76 Å². The molecule has 1 aliphatic heterocycles. The van der Waals surface area contributed by atoms with Gasteiger partial charge in [-0.2, -0.15) is 0 Å². The molecule has 24 heavy (non-hydrogen) atoms. The number of anilines is 1. The lowest BCUT2D eigenvalue weighted by atomic mass is 10.1. The van der Waals surface area contributed by atoms with Crippen molar-refractivity contribution in [1.29, 1.82) is 0 Å². The highest BCUT2D eigenvalue weighted by molar-refractivity contribution is 5.91. The van der Waals surface area contributed by atoms with Gasteiger partial charge in [0.05, 0.1) is 12.5 Å². The molecular formula is C19H18N2O3. The fourth-order valence-electron chi connectivity index (χ4n) is 3.22. The van der Waals surface area contributed by atoms with Gasteiger partial charge in [0, 0.05) is 18.8 Å². The zero-order valence-electron chi connectivity index (χ0n) is 13.1. The van der Waals surface area contributed by atoms with Crippen LogP contribution in [0.1, 0.15) is 27.9 Å². The highest BCUT2D eigenvalue weighted by atomic mass is 16.3. The van der Waals surface area contributed by atoms with Gasteiger partial charge >= 0.3 is 0 Å². The Kier molecular flexibility index (Phi) is 3.83. The summed E-state index contributed by atoms with van der Waals surface area (Å²) in [7, 11) is 0. The first-order valence-electron chi connectivity index (χ1n) is 8.02. The Morgan fingerprint density at radius 2 is 1.92 bits per heavy atom. The van der Waals surface area contributed by atoms with E-state index in [1.54, 1.807) is 18.4 Å². The number of nitrogens with zero attached hydrogens (tertiary/aromatic N) is 1. The highest BCUT2D eigenvalue weighted by Gasteiger charge is 2.29. The molecule has 0 radical (unpaired) electrons. The molecule has 1 amide bonds. The van der Waals surface area contributed by atoms with Gasteiger partial charge in [0.25, 0.3) is 5.91 Å². The monoisotopic (exact) mass is 322 g/mol. The quantitative estimate of drug-likeness (QED) is 0.782. The number of furan rings is 2. The third kappa shape index (κ3) is 2.69. The minimum Gasteiger partial charge on any atom is -0.467 e. The molecule has 122 valence electrons. The molecule has 5 heteroatoms. The summed E-state index contributed by atoms with van der Waals surface area (Å²) in [5, 5.41) is 2.95. The van der Waals surface area contributed by atoms with Crippen molar-refractivity contribution in [2.75, 3.05) is 18.0 Å². The Balaban J connectivity index is 1.56. The van der Waals surface area contributed by atoms with Crippen LogP contribution >= 0.6 is 0 Å². The minimum absolute atomic E-state index is 0.0532. The average Bonchev–Trinajstić information content (AvgIpc) is 3.37. The average molecular weight is 322 g/mol. The Bertz CT molecular complexity index is 809. The molecule has 0 aliphatic carbocycles. The summed E-state index contributed by atoms with van der Waals surface area (Å²) in [6, 6.07) is 15.5. The molecule has 1 atom stereocenters. The van der Waals surface area contributed by atoms with Crippen LogP contribution in [0.3, 0.4) is 0 Å². The number of amides is 1. The maximum Gasteiger partial charge on any atom is 0.287 e. The third-order valence-corrected chi connectivity index (χ3v) is 4.37. The summed E-state index contributed by atoms with van der Waals surface area (Å²) in [5.74, 6) is 0.936. The van der Waals surface area contributed by atoms with Crippen LogP contribution in [0.25, 0.3) is 0 Å². The molecule has 0 saturated heterocycles. The number of carbonyl (C=O) groups is 1. The van der Waals surface area contributed by atoms with E-state index in [4.69, 9.17) is 8.83 Å². The van der Waals surface area contributed by atoms with E-state index in [2.05, 4.69) is 28.4 Å². The number of benzene rings is 1. The number of para-hydroxylation sites is 1. The SMILES string of the molecule is O=C(NC[C@@H](c1ccco1)N1CCc2ccccc21)c1ccco1. The zero-order valence-corrected chi connectivity index (χ0v) is 13.1. The van der Waals surface area contributed by atoms with Crippen LogP contribution in [-0.4, -0.2) is 19.0 Å². The number of rotatable bonds is 5. The lowest BCUT2D eigenvalue weighted by Crippen LogP contribution is -2.37. The van der Waals surface area contributed by atoms with Crippen molar-refractivity contribution in [2.24, 2.45) is 0 Å². The van der Waals surface area contributed by atoms with Crippen molar-refractivity contribution in [3.8, 4) is 0 Å². The maximum atomic E-state index is 12.2. The maximum absolute atomic E-state index is 12.2. The van der Waals surface area contributed by atoms with Gasteiger partial charge in [-0.1, -0.05) is 18.2 Å². The van der Waals surface area contributed by atoms with Gasteiger partial charge in [-0.25, -0.2) is 0 Å². The lowest BCUT2D eigenvalue weighted by molar-refractivity contribution is 0.0922. The smallest absolute Gasteiger partial charge is 0.287 e. The van der Waals surface area contributed by atoms with E-state index in [0.29, 0.717) is 12.3 Å². The molecule has 0 fully saturated rings. The molecule has 0 bridgehead atoms. The largest absolute Gasteiger partial charge is 0.467 e. The molecule has 0 spiro atoms. The summed E-state index contributed by atoms with van der Waals surface area (Å²) in [4.78, 5) is 14.5. The van der Waals surface area contributed by atoms with Crippen LogP contribution in [0.5, 0.6) is 0 Å². The van der Waals surface area contributed by atoms with E-state index >= 15 is 0 Å².